The van der Waals surface area contributed by atoms with E-state index in [1.165, 1.54) is 19.2 Å². The fraction of sp³-hybridized carbons (Fsp3) is 0.419. The Hall–Kier alpha value is -5.16. The zero-order chi connectivity index (χ0) is 34.1. The van der Waals surface area contributed by atoms with Crippen LogP contribution >= 0.6 is 12.4 Å². The second kappa shape index (κ2) is 14.9. The first-order chi connectivity index (χ1) is 22.3. The molecule has 1 amide bonds. The van der Waals surface area contributed by atoms with Crippen molar-refractivity contribution in [3.05, 3.63) is 83.5 Å². The number of fused-ring (bicyclic) bond motifs is 4. The molecule has 2 aromatic carbocycles. The quantitative estimate of drug-likeness (QED) is 0.107. The van der Waals surface area contributed by atoms with Gasteiger partial charge in [-0.2, -0.15) is 4.98 Å². The van der Waals surface area contributed by atoms with Gasteiger partial charge in [-0.15, -0.1) is 12.4 Å². The van der Waals surface area contributed by atoms with E-state index in [-0.39, 0.29) is 72.7 Å². The molecule has 7 rings (SSSR count). The number of H-pyrrole nitrogens is 1. The van der Waals surface area contributed by atoms with Crippen molar-refractivity contribution in [2.45, 2.75) is 59.0 Å². The molecule has 18 heteroatoms. The lowest BCUT2D eigenvalue weighted by Crippen LogP contribution is -2.49. The normalized spacial score (nSPS) is 19.2. The van der Waals surface area contributed by atoms with Crippen LogP contribution < -0.4 is 38.6 Å². The standard InChI is InChI=1S/C19H14FN7O6.C11H19NO2.CH4.ClH/c20-9-2-1-7(3-8(9)6-22-13-12(21)14(28)15(13)29)5-23-16(30)10-4-11(17(31)32)27-18(24-10)25-19(33)26-27;1-14-9(13)11-5-2-10(8-12,3-6-11)4-7-11;;/h1-4,22H,5-6,21H2,(H,23,30)(H,26,33)(H,31,32);2-8,12H2,1H3;1H4;1H. The number of carbonyl (C=O) groups excluding carboxylic acids is 2. The number of amides is 1. The monoisotopic (exact) mass is 704 g/mol. The van der Waals surface area contributed by atoms with Crippen LogP contribution in [0, 0.1) is 16.6 Å². The average molecular weight is 705 g/mol. The largest absolute Gasteiger partial charge is 0.477 e. The molecule has 0 aliphatic heterocycles. The van der Waals surface area contributed by atoms with Gasteiger partial charge in [0.2, 0.25) is 0 Å². The maximum absolute atomic E-state index is 14.1. The van der Waals surface area contributed by atoms with Crippen LogP contribution in [0.1, 0.15) is 78.1 Å². The number of ether oxygens (including phenoxy) is 1. The van der Waals surface area contributed by atoms with Gasteiger partial charge in [-0.25, -0.2) is 28.6 Å². The number of aromatic amines is 1. The molecule has 264 valence electrons. The molecule has 8 N–H and O–H groups in total. The van der Waals surface area contributed by atoms with Crippen molar-refractivity contribution in [2.24, 2.45) is 16.6 Å². The van der Waals surface area contributed by atoms with Crippen molar-refractivity contribution in [1.29, 1.82) is 0 Å². The number of carboxylic acids is 1. The Bertz CT molecular complexity index is 1990. The Morgan fingerprint density at radius 3 is 2.27 bits per heavy atom. The van der Waals surface area contributed by atoms with E-state index >= 15 is 0 Å². The summed E-state index contributed by atoms with van der Waals surface area (Å²) in [4.78, 5) is 76.9. The highest BCUT2D eigenvalue weighted by Crippen LogP contribution is 2.56. The number of hydrogen-bond acceptors (Lipinski definition) is 12. The highest BCUT2D eigenvalue weighted by molar-refractivity contribution is 5.95. The van der Waals surface area contributed by atoms with Crippen molar-refractivity contribution in [3.63, 3.8) is 0 Å². The summed E-state index contributed by atoms with van der Waals surface area (Å²) in [6.45, 7) is 0.581. The predicted octanol–water partition coefficient (Wildman–Crippen LogP) is 1.49. The number of carbonyl (C=O) groups is 3. The third-order valence-corrected chi connectivity index (χ3v) is 9.21. The molecule has 0 saturated heterocycles. The molecule has 2 aromatic heterocycles. The third-order valence-electron chi connectivity index (χ3n) is 9.21. The summed E-state index contributed by atoms with van der Waals surface area (Å²) < 4.78 is 19.9. The summed E-state index contributed by atoms with van der Waals surface area (Å²) in [6, 6.07) is 4.97. The molecule has 4 aromatic rings. The molecule has 0 spiro atoms. The zero-order valence-electron chi connectivity index (χ0n) is 25.8. The van der Waals surface area contributed by atoms with Gasteiger partial charge in [-0.3, -0.25) is 19.2 Å². The van der Waals surface area contributed by atoms with E-state index in [0.29, 0.717) is 11.0 Å². The molecule has 3 fully saturated rings. The van der Waals surface area contributed by atoms with E-state index in [0.717, 1.165) is 61.7 Å². The van der Waals surface area contributed by atoms with Crippen molar-refractivity contribution < 1.29 is 28.6 Å². The Kier molecular flexibility index (Phi) is 11.7. The number of nitrogens with zero attached hydrogens (tertiary/aromatic N) is 3. The summed E-state index contributed by atoms with van der Waals surface area (Å²) >= 11 is 0. The Balaban J connectivity index is 0.000000342. The molecule has 16 nitrogen and oxygen atoms in total. The minimum atomic E-state index is -1.41. The van der Waals surface area contributed by atoms with E-state index in [9.17, 15) is 38.3 Å². The summed E-state index contributed by atoms with van der Waals surface area (Å²) in [7, 11) is 1.50. The number of hydrogen-bond donors (Lipinski definition) is 6. The first-order valence-electron chi connectivity index (χ1n) is 14.7. The number of nitrogens with two attached hydrogens (primary N) is 2. The fourth-order valence-electron chi connectivity index (χ4n) is 6.17. The highest BCUT2D eigenvalue weighted by atomic mass is 35.5. The molecular formula is C31H38ClFN8O8. The lowest BCUT2D eigenvalue weighted by atomic mass is 9.54. The topological polar surface area (TPSA) is 254 Å². The van der Waals surface area contributed by atoms with Gasteiger partial charge in [0.25, 0.3) is 22.5 Å². The van der Waals surface area contributed by atoms with Crippen LogP contribution in [0.4, 0.5) is 15.8 Å². The van der Waals surface area contributed by atoms with Crippen LogP contribution in [-0.4, -0.2) is 56.2 Å². The number of anilines is 2. The average Bonchev–Trinajstić information content (AvgIpc) is 3.48. The Morgan fingerprint density at radius 1 is 1.04 bits per heavy atom. The number of esters is 1. The van der Waals surface area contributed by atoms with Gasteiger partial charge in [-0.1, -0.05) is 13.5 Å². The summed E-state index contributed by atoms with van der Waals surface area (Å²) in [5, 5.41) is 16.6. The van der Waals surface area contributed by atoms with Gasteiger partial charge < -0.3 is 31.9 Å². The van der Waals surface area contributed by atoms with E-state index in [1.807, 2.05) is 0 Å². The molecule has 3 aliphatic rings. The third kappa shape index (κ3) is 7.46. The molecule has 2 heterocycles. The van der Waals surface area contributed by atoms with Crippen LogP contribution in [0.3, 0.4) is 0 Å². The fourth-order valence-corrected chi connectivity index (χ4v) is 6.17. The van der Waals surface area contributed by atoms with E-state index in [1.54, 1.807) is 0 Å². The maximum atomic E-state index is 14.1. The van der Waals surface area contributed by atoms with Gasteiger partial charge in [-0.05, 0) is 68.2 Å². The first-order valence-corrected chi connectivity index (χ1v) is 14.7. The van der Waals surface area contributed by atoms with Gasteiger partial charge in [0, 0.05) is 24.7 Å². The van der Waals surface area contributed by atoms with E-state index in [2.05, 4.69) is 25.7 Å². The number of halogens is 2. The number of benzene rings is 1. The summed E-state index contributed by atoms with van der Waals surface area (Å²) in [5.74, 6) is -3.04. The smallest absolute Gasteiger partial charge is 0.363 e. The molecular weight excluding hydrogens is 667 g/mol. The van der Waals surface area contributed by atoms with Crippen LogP contribution in [0.15, 0.2) is 38.6 Å². The predicted molar refractivity (Wildman–Crippen MR) is 179 cm³/mol. The van der Waals surface area contributed by atoms with Gasteiger partial charge in [0.15, 0.2) is 5.69 Å². The van der Waals surface area contributed by atoms with Crippen molar-refractivity contribution in [1.82, 2.24) is 24.9 Å². The van der Waals surface area contributed by atoms with Gasteiger partial charge >= 0.3 is 17.6 Å². The molecule has 0 unspecified atom stereocenters. The molecule has 0 atom stereocenters. The number of rotatable bonds is 9. The Labute approximate surface area is 284 Å². The lowest BCUT2D eigenvalue weighted by Gasteiger charge is -2.51. The Morgan fingerprint density at radius 2 is 1.69 bits per heavy atom. The molecule has 2 bridgehead atoms. The van der Waals surface area contributed by atoms with Gasteiger partial charge in [0.1, 0.15) is 22.9 Å². The lowest BCUT2D eigenvalue weighted by molar-refractivity contribution is -0.162. The second-order valence-corrected chi connectivity index (χ2v) is 11.9. The highest BCUT2D eigenvalue weighted by Gasteiger charge is 2.52. The number of carboxylic acid groups (broad SMARTS) is 1. The summed E-state index contributed by atoms with van der Waals surface area (Å²) in [5.41, 5.74) is 8.66. The number of nitrogens with one attached hydrogen (secondary N) is 3. The van der Waals surface area contributed by atoms with Crippen LogP contribution in [-0.2, 0) is 22.6 Å². The van der Waals surface area contributed by atoms with Crippen LogP contribution in [0.25, 0.3) is 5.78 Å². The minimum Gasteiger partial charge on any atom is -0.477 e. The van der Waals surface area contributed by atoms with Crippen LogP contribution in [0.5, 0.6) is 0 Å². The first kappa shape index (κ1) is 38.3. The minimum absolute atomic E-state index is 0. The van der Waals surface area contributed by atoms with Crippen molar-refractivity contribution in [2.75, 3.05) is 24.7 Å². The van der Waals surface area contributed by atoms with Crippen molar-refractivity contribution in [3.8, 4) is 0 Å². The van der Waals surface area contributed by atoms with E-state index < -0.39 is 39.9 Å². The number of methoxy groups -OCH3 is 1. The van der Waals surface area contributed by atoms with Gasteiger partial charge in [0.05, 0.1) is 12.5 Å². The number of aromatic nitrogens is 4. The molecule has 0 radical (unpaired) electrons. The maximum Gasteiger partial charge on any atom is 0.363 e. The molecule has 3 saturated carbocycles. The zero-order valence-corrected chi connectivity index (χ0v) is 26.6. The van der Waals surface area contributed by atoms with Crippen molar-refractivity contribution >= 4 is 47.4 Å². The van der Waals surface area contributed by atoms with Crippen LogP contribution in [0.2, 0.25) is 0 Å². The molecule has 49 heavy (non-hydrogen) atoms. The SMILES string of the molecule is C.COC(=O)C12CCC(CN)(CC1)CC2.Cl.Nc1c(NCc2cc(CNC(=O)c3cc(C(=O)O)n4[nH]c(=O)nc4n3)ccc2F)c(=O)c1=O. The molecule has 3 aliphatic carbocycles. The number of nitrogen functional groups attached to an aromatic ring is 1. The van der Waals surface area contributed by atoms with E-state index in [4.69, 9.17) is 16.2 Å². The second-order valence-electron chi connectivity index (χ2n) is 11.9. The summed E-state index contributed by atoms with van der Waals surface area (Å²) in [6.07, 6.45) is 6.28. The number of aromatic carboxylic acids is 1.